The van der Waals surface area contributed by atoms with Crippen LogP contribution in [0, 0.1) is 11.3 Å². The fourth-order valence-corrected chi connectivity index (χ4v) is 2.96. The predicted octanol–water partition coefficient (Wildman–Crippen LogP) is 1.85. The zero-order chi connectivity index (χ0) is 15.4. The van der Waals surface area contributed by atoms with Gasteiger partial charge >= 0.3 is 0 Å². The quantitative estimate of drug-likeness (QED) is 0.857. The van der Waals surface area contributed by atoms with Crippen molar-refractivity contribution < 1.29 is 0 Å². The Morgan fingerprint density at radius 3 is 3.00 bits per heavy atom. The van der Waals surface area contributed by atoms with Crippen LogP contribution in [0.2, 0.25) is 0 Å². The van der Waals surface area contributed by atoms with Crippen LogP contribution >= 0.6 is 0 Å². The molecule has 0 spiro atoms. The molecule has 0 saturated carbocycles. The van der Waals surface area contributed by atoms with Crippen LogP contribution in [0.5, 0.6) is 0 Å². The second-order valence-electron chi connectivity index (χ2n) is 5.44. The van der Waals surface area contributed by atoms with Gasteiger partial charge in [-0.2, -0.15) is 10.4 Å². The molecule has 0 N–H and O–H groups in total. The van der Waals surface area contributed by atoms with Gasteiger partial charge in [-0.1, -0.05) is 0 Å². The Bertz CT molecular complexity index is 666. The Hall–Kier alpha value is -2.68. The Morgan fingerprint density at radius 1 is 1.36 bits per heavy atom. The molecule has 0 aromatic carbocycles. The molecule has 0 bridgehead atoms. The van der Waals surface area contributed by atoms with Crippen LogP contribution in [0.4, 0.5) is 11.6 Å². The third-order valence-electron chi connectivity index (χ3n) is 3.98. The van der Waals surface area contributed by atoms with Crippen LogP contribution < -0.4 is 9.80 Å². The van der Waals surface area contributed by atoms with E-state index in [1.165, 1.54) is 0 Å². The average molecular weight is 294 g/mol. The lowest BCUT2D eigenvalue weighted by atomic mass is 10.2. The normalized spacial score (nSPS) is 17.3. The summed E-state index contributed by atoms with van der Waals surface area (Å²) in [6.07, 6.45) is 5.66. The molecule has 2 aromatic rings. The van der Waals surface area contributed by atoms with Gasteiger partial charge in [-0.3, -0.25) is 0 Å². The molecule has 0 aliphatic carbocycles. The number of aromatic nitrogens is 3. The van der Waals surface area contributed by atoms with Gasteiger partial charge in [0.15, 0.2) is 5.82 Å². The molecule has 1 aliphatic heterocycles. The van der Waals surface area contributed by atoms with E-state index < -0.39 is 0 Å². The number of anilines is 2. The van der Waals surface area contributed by atoms with Crippen molar-refractivity contribution in [2.75, 3.05) is 29.9 Å². The van der Waals surface area contributed by atoms with Crippen molar-refractivity contribution in [2.24, 2.45) is 0 Å². The first-order chi connectivity index (χ1) is 10.8. The van der Waals surface area contributed by atoms with Crippen LogP contribution in [0.1, 0.15) is 18.4 Å². The van der Waals surface area contributed by atoms with Crippen molar-refractivity contribution in [3.63, 3.8) is 0 Å². The summed E-state index contributed by atoms with van der Waals surface area (Å²) in [6.45, 7) is 1.80. The van der Waals surface area contributed by atoms with Gasteiger partial charge < -0.3 is 9.80 Å². The lowest BCUT2D eigenvalue weighted by molar-refractivity contribution is 0.643. The van der Waals surface area contributed by atoms with Gasteiger partial charge in [-0.25, -0.2) is 4.98 Å². The monoisotopic (exact) mass is 294 g/mol. The number of nitriles is 1. The van der Waals surface area contributed by atoms with Gasteiger partial charge in [-0.05, 0) is 37.1 Å². The second-order valence-corrected chi connectivity index (χ2v) is 5.44. The van der Waals surface area contributed by atoms with Gasteiger partial charge in [0, 0.05) is 38.6 Å². The maximum Gasteiger partial charge on any atom is 0.151 e. The van der Waals surface area contributed by atoms with Gasteiger partial charge in [0.25, 0.3) is 0 Å². The minimum absolute atomic E-state index is 0.357. The van der Waals surface area contributed by atoms with Crippen LogP contribution in [0.3, 0.4) is 0 Å². The summed E-state index contributed by atoms with van der Waals surface area (Å²) in [5.74, 6) is 1.65. The van der Waals surface area contributed by atoms with E-state index in [2.05, 4.69) is 31.1 Å². The van der Waals surface area contributed by atoms with E-state index in [4.69, 9.17) is 0 Å². The highest BCUT2D eigenvalue weighted by atomic mass is 15.3. The number of likely N-dealkylation sites (N-methyl/N-ethyl adjacent to an activating group) is 1. The number of rotatable bonds is 4. The van der Waals surface area contributed by atoms with Gasteiger partial charge in [0.05, 0.1) is 5.56 Å². The molecule has 2 aromatic heterocycles. The van der Waals surface area contributed by atoms with Crippen LogP contribution in [-0.4, -0.2) is 41.4 Å². The summed E-state index contributed by atoms with van der Waals surface area (Å²) in [7, 11) is 1.98. The zero-order valence-electron chi connectivity index (χ0n) is 12.6. The van der Waals surface area contributed by atoms with E-state index in [9.17, 15) is 5.26 Å². The van der Waals surface area contributed by atoms with Crippen molar-refractivity contribution >= 4 is 11.6 Å². The van der Waals surface area contributed by atoms with E-state index >= 15 is 0 Å². The topological polar surface area (TPSA) is 68.9 Å². The first-order valence-electron chi connectivity index (χ1n) is 7.40. The first kappa shape index (κ1) is 14.3. The van der Waals surface area contributed by atoms with Crippen LogP contribution in [0.15, 0.2) is 36.7 Å². The predicted molar refractivity (Wildman–Crippen MR) is 84.6 cm³/mol. The molecular weight excluding hydrogens is 276 g/mol. The highest BCUT2D eigenvalue weighted by Crippen LogP contribution is 2.25. The summed E-state index contributed by atoms with van der Waals surface area (Å²) < 4.78 is 0. The summed E-state index contributed by atoms with van der Waals surface area (Å²) in [5, 5.41) is 17.4. The maximum absolute atomic E-state index is 9.21. The summed E-state index contributed by atoms with van der Waals surface area (Å²) in [5.41, 5.74) is 0.606. The Morgan fingerprint density at radius 2 is 2.23 bits per heavy atom. The smallest absolute Gasteiger partial charge is 0.151 e. The molecule has 1 atom stereocenters. The van der Waals surface area contributed by atoms with E-state index in [1.54, 1.807) is 24.5 Å². The lowest BCUT2D eigenvalue weighted by Crippen LogP contribution is -2.40. The van der Waals surface area contributed by atoms with E-state index in [0.717, 1.165) is 37.6 Å². The largest absolute Gasteiger partial charge is 0.357 e. The van der Waals surface area contributed by atoms with Gasteiger partial charge in [0.2, 0.25) is 0 Å². The molecule has 112 valence electrons. The Kier molecular flexibility index (Phi) is 4.15. The summed E-state index contributed by atoms with van der Waals surface area (Å²) in [4.78, 5) is 8.69. The van der Waals surface area contributed by atoms with Crippen molar-refractivity contribution in [1.82, 2.24) is 15.2 Å². The van der Waals surface area contributed by atoms with Gasteiger partial charge in [0.1, 0.15) is 11.9 Å². The highest BCUT2D eigenvalue weighted by Gasteiger charge is 2.27. The number of pyridine rings is 1. The standard InChI is InChI=1S/C16H18N6/c1-21(16-13(11-17)5-2-8-18-16)12-14-6-4-10-22(14)15-7-3-9-19-20-15/h2-3,5,7-9,14H,4,6,10,12H2,1H3/t14-/m1/s1. The summed E-state index contributed by atoms with van der Waals surface area (Å²) >= 11 is 0. The van der Waals surface area contributed by atoms with E-state index in [1.807, 2.05) is 19.2 Å². The highest BCUT2D eigenvalue weighted by molar-refractivity contribution is 5.53. The minimum Gasteiger partial charge on any atom is -0.357 e. The maximum atomic E-state index is 9.21. The molecular formula is C16H18N6. The van der Waals surface area contributed by atoms with Crippen molar-refractivity contribution in [3.8, 4) is 6.07 Å². The number of hydrogen-bond donors (Lipinski definition) is 0. The Labute approximate surface area is 130 Å². The lowest BCUT2D eigenvalue weighted by Gasteiger charge is -2.30. The number of nitrogens with zero attached hydrogens (tertiary/aromatic N) is 6. The van der Waals surface area contributed by atoms with E-state index in [0.29, 0.717) is 11.6 Å². The van der Waals surface area contributed by atoms with Crippen molar-refractivity contribution in [3.05, 3.63) is 42.2 Å². The molecule has 1 fully saturated rings. The molecule has 6 heteroatoms. The third-order valence-corrected chi connectivity index (χ3v) is 3.98. The molecule has 3 rings (SSSR count). The molecule has 6 nitrogen and oxygen atoms in total. The fraction of sp³-hybridized carbons (Fsp3) is 0.375. The minimum atomic E-state index is 0.357. The zero-order valence-corrected chi connectivity index (χ0v) is 12.6. The second kappa shape index (κ2) is 6.39. The average Bonchev–Trinajstić information content (AvgIpc) is 3.03. The Balaban J connectivity index is 1.76. The molecule has 0 radical (unpaired) electrons. The molecule has 0 unspecified atom stereocenters. The molecule has 3 heterocycles. The number of hydrogen-bond acceptors (Lipinski definition) is 6. The molecule has 1 saturated heterocycles. The summed E-state index contributed by atoms with van der Waals surface area (Å²) in [6, 6.07) is 10.1. The van der Waals surface area contributed by atoms with E-state index in [-0.39, 0.29) is 0 Å². The first-order valence-corrected chi connectivity index (χ1v) is 7.40. The fourth-order valence-electron chi connectivity index (χ4n) is 2.96. The molecule has 0 amide bonds. The third kappa shape index (κ3) is 2.84. The van der Waals surface area contributed by atoms with Crippen molar-refractivity contribution in [1.29, 1.82) is 5.26 Å². The van der Waals surface area contributed by atoms with Crippen LogP contribution in [0.25, 0.3) is 0 Å². The molecule has 22 heavy (non-hydrogen) atoms. The van der Waals surface area contributed by atoms with Crippen LogP contribution in [-0.2, 0) is 0 Å². The SMILES string of the molecule is CN(C[C@H]1CCCN1c1cccnn1)c1ncccc1C#N. The van der Waals surface area contributed by atoms with Gasteiger partial charge in [-0.15, -0.1) is 5.10 Å². The molecule has 1 aliphatic rings. The van der Waals surface area contributed by atoms with Crippen molar-refractivity contribution in [2.45, 2.75) is 18.9 Å².